The molecule has 6 nitrogen and oxygen atoms in total. The van der Waals surface area contributed by atoms with Gasteiger partial charge in [-0.15, -0.1) is 0 Å². The first-order valence-electron chi connectivity index (χ1n) is 5.71. The molecule has 2 rings (SSSR count). The van der Waals surface area contributed by atoms with Crippen molar-refractivity contribution < 1.29 is 23.8 Å². The summed E-state index contributed by atoms with van der Waals surface area (Å²) in [6, 6.07) is 5.13. The van der Waals surface area contributed by atoms with Gasteiger partial charge >= 0.3 is 125 Å². The Hall–Kier alpha value is -2.18. The Balaban J connectivity index is 2.40. The van der Waals surface area contributed by atoms with Crippen LogP contribution in [0.25, 0.3) is 0 Å². The zero-order valence-electron chi connectivity index (χ0n) is 11.2. The predicted octanol–water partition coefficient (Wildman–Crippen LogP) is -0.0139. The predicted molar refractivity (Wildman–Crippen MR) is 73.5 cm³/mol. The Morgan fingerprint density at radius 1 is 1.19 bits per heavy atom. The van der Waals surface area contributed by atoms with Crippen LogP contribution in [-0.4, -0.2) is 50.2 Å². The van der Waals surface area contributed by atoms with Crippen LogP contribution >= 0.6 is 0 Å². The van der Waals surface area contributed by atoms with E-state index in [4.69, 9.17) is 14.6 Å². The monoisotopic (exact) mass is 358 g/mol. The van der Waals surface area contributed by atoms with E-state index in [0.717, 1.165) is 6.07 Å². The third kappa shape index (κ3) is 3.68. The number of carboxylic acids is 1. The van der Waals surface area contributed by atoms with Gasteiger partial charge in [-0.1, -0.05) is 0 Å². The number of halogens is 1. The number of carbonyl (C=O) groups is 1. The number of carboxylic acid groups (broad SMARTS) is 1. The van der Waals surface area contributed by atoms with Gasteiger partial charge in [-0.3, -0.25) is 0 Å². The van der Waals surface area contributed by atoms with Gasteiger partial charge < -0.3 is 0 Å². The zero-order chi connectivity index (χ0) is 15.4. The van der Waals surface area contributed by atoms with Crippen molar-refractivity contribution in [3.8, 4) is 11.8 Å². The molecule has 0 bridgehead atoms. The molecule has 0 spiro atoms. The van der Waals surface area contributed by atoms with Crippen LogP contribution in [0.4, 0.5) is 4.39 Å². The summed E-state index contributed by atoms with van der Waals surface area (Å²) in [6.07, 6.45) is 0. The van der Waals surface area contributed by atoms with Gasteiger partial charge in [-0.05, 0) is 0 Å². The van der Waals surface area contributed by atoms with Crippen LogP contribution in [0.1, 0.15) is 10.4 Å². The van der Waals surface area contributed by atoms with Gasteiger partial charge in [0.2, 0.25) is 0 Å². The summed E-state index contributed by atoms with van der Waals surface area (Å²) in [5, 5.41) is 9.12. The first-order chi connectivity index (χ1) is 10.0. The van der Waals surface area contributed by atoms with Gasteiger partial charge in [0, 0.05) is 0 Å². The Bertz CT molecular complexity index is 659. The van der Waals surface area contributed by atoms with Crippen LogP contribution in [0, 0.1) is 5.82 Å². The maximum absolute atomic E-state index is 13.2. The summed E-state index contributed by atoms with van der Waals surface area (Å²) >= 11 is -0.525. The molecule has 1 aromatic carbocycles. The SMILES string of the molecule is COc1cc(OC)nc([Se]c2ccc(F)cc2C(=O)O)n1. The summed E-state index contributed by atoms with van der Waals surface area (Å²) in [5.74, 6) is -1.16. The van der Waals surface area contributed by atoms with E-state index < -0.39 is 26.7 Å². The van der Waals surface area contributed by atoms with Gasteiger partial charge in [0.15, 0.2) is 0 Å². The van der Waals surface area contributed by atoms with Crippen LogP contribution < -0.4 is 18.7 Å². The van der Waals surface area contributed by atoms with Crippen molar-refractivity contribution in [1.29, 1.82) is 0 Å². The van der Waals surface area contributed by atoms with E-state index in [1.807, 2.05) is 0 Å². The average molecular weight is 357 g/mol. The van der Waals surface area contributed by atoms with Crippen molar-refractivity contribution in [3.63, 3.8) is 0 Å². The van der Waals surface area contributed by atoms with E-state index in [-0.39, 0.29) is 5.56 Å². The minimum atomic E-state index is -1.19. The number of aromatic nitrogens is 2. The van der Waals surface area contributed by atoms with E-state index in [9.17, 15) is 9.18 Å². The van der Waals surface area contributed by atoms with Crippen molar-refractivity contribution in [2.75, 3.05) is 14.2 Å². The number of nitrogens with zero attached hydrogens (tertiary/aromatic N) is 2. The van der Waals surface area contributed by atoms with Crippen LogP contribution in [0.5, 0.6) is 11.8 Å². The number of rotatable bonds is 5. The van der Waals surface area contributed by atoms with Crippen molar-refractivity contribution in [1.82, 2.24) is 9.97 Å². The molecule has 1 heterocycles. The molecule has 1 N–H and O–H groups in total. The van der Waals surface area contributed by atoms with Gasteiger partial charge in [-0.2, -0.15) is 0 Å². The normalized spacial score (nSPS) is 10.2. The molecule has 0 atom stereocenters. The van der Waals surface area contributed by atoms with Crippen molar-refractivity contribution in [2.45, 2.75) is 0 Å². The van der Waals surface area contributed by atoms with Gasteiger partial charge in [-0.25, -0.2) is 0 Å². The Morgan fingerprint density at radius 2 is 1.81 bits per heavy atom. The molecular weight excluding hydrogens is 346 g/mol. The molecule has 110 valence electrons. The molecule has 0 fully saturated rings. The Labute approximate surface area is 126 Å². The molecule has 0 amide bonds. The number of methoxy groups -OCH3 is 2. The first-order valence-corrected chi connectivity index (χ1v) is 7.42. The number of aromatic carboxylic acids is 1. The van der Waals surface area contributed by atoms with Gasteiger partial charge in [0.1, 0.15) is 0 Å². The third-order valence-corrected chi connectivity index (χ3v) is 4.42. The molecular formula is C13H11FN2O4Se. The molecule has 0 aliphatic carbocycles. The van der Waals surface area contributed by atoms with E-state index in [1.54, 1.807) is 0 Å². The molecule has 8 heteroatoms. The fourth-order valence-corrected chi connectivity index (χ4v) is 3.30. The molecule has 0 unspecified atom stereocenters. The van der Waals surface area contributed by atoms with E-state index in [2.05, 4.69) is 9.97 Å². The first kappa shape index (κ1) is 15.2. The molecule has 0 saturated heterocycles. The Kier molecular flexibility index (Phi) is 4.72. The molecule has 1 aromatic heterocycles. The summed E-state index contributed by atoms with van der Waals surface area (Å²) in [7, 11) is 2.91. The third-order valence-electron chi connectivity index (χ3n) is 2.45. The quantitative estimate of drug-likeness (QED) is 0.758. The van der Waals surface area contributed by atoms with Gasteiger partial charge in [0.05, 0.1) is 0 Å². The number of hydrogen-bond donors (Lipinski definition) is 1. The molecule has 0 aliphatic rings. The van der Waals surface area contributed by atoms with Crippen LogP contribution in [0.3, 0.4) is 0 Å². The molecule has 0 aliphatic heterocycles. The van der Waals surface area contributed by atoms with Crippen molar-refractivity contribution in [3.05, 3.63) is 35.6 Å². The van der Waals surface area contributed by atoms with Crippen LogP contribution in [-0.2, 0) is 0 Å². The van der Waals surface area contributed by atoms with Crippen LogP contribution in [0.2, 0.25) is 0 Å². The Morgan fingerprint density at radius 3 is 2.33 bits per heavy atom. The van der Waals surface area contributed by atoms with Gasteiger partial charge in [0.25, 0.3) is 0 Å². The van der Waals surface area contributed by atoms with Crippen LogP contribution in [0.15, 0.2) is 24.3 Å². The second kappa shape index (κ2) is 6.51. The minimum absolute atomic E-state index is 0.0969. The van der Waals surface area contributed by atoms with E-state index in [0.29, 0.717) is 20.9 Å². The average Bonchev–Trinajstić information content (AvgIpc) is 2.48. The van der Waals surface area contributed by atoms with Crippen molar-refractivity contribution >= 4 is 30.1 Å². The topological polar surface area (TPSA) is 81.5 Å². The summed E-state index contributed by atoms with van der Waals surface area (Å²) in [4.78, 5) is 19.5. The number of ether oxygens (including phenoxy) is 2. The second-order valence-electron chi connectivity index (χ2n) is 3.78. The second-order valence-corrected chi connectivity index (χ2v) is 5.90. The van der Waals surface area contributed by atoms with E-state index in [1.165, 1.54) is 32.4 Å². The molecule has 2 aromatic rings. The van der Waals surface area contributed by atoms with E-state index >= 15 is 0 Å². The number of hydrogen-bond acceptors (Lipinski definition) is 5. The fourth-order valence-electron chi connectivity index (χ4n) is 1.50. The molecule has 21 heavy (non-hydrogen) atoms. The summed E-state index contributed by atoms with van der Waals surface area (Å²) < 4.78 is 24.1. The fraction of sp³-hybridized carbons (Fsp3) is 0.154. The zero-order valence-corrected chi connectivity index (χ0v) is 12.9. The molecule has 0 radical (unpaired) electrons. The molecule has 0 saturated carbocycles. The standard InChI is InChI=1S/C13H11FN2O4Se/c1-19-10-6-11(20-2)16-13(15-10)21-9-4-3-7(14)5-8(9)12(17)18/h3-6H,1-2H3,(H,17,18). The summed E-state index contributed by atoms with van der Waals surface area (Å²) in [5.41, 5.74) is -0.0969. The summed E-state index contributed by atoms with van der Waals surface area (Å²) in [6.45, 7) is 0. The maximum atomic E-state index is 13.2. The van der Waals surface area contributed by atoms with Crippen molar-refractivity contribution in [2.24, 2.45) is 0 Å². The number of benzene rings is 1.